The Morgan fingerprint density at radius 2 is 1.83 bits per heavy atom. The summed E-state index contributed by atoms with van der Waals surface area (Å²) in [5.41, 5.74) is 0.664. The number of ketones is 1. The van der Waals surface area contributed by atoms with Crippen LogP contribution in [0.1, 0.15) is 43.5 Å². The fourth-order valence-corrected chi connectivity index (χ4v) is 3.64. The van der Waals surface area contributed by atoms with Crippen molar-refractivity contribution in [2.24, 2.45) is 17.8 Å². The molecule has 1 saturated carbocycles. The Bertz CT molecular complexity index is 448. The van der Waals surface area contributed by atoms with E-state index in [0.29, 0.717) is 22.4 Å². The van der Waals surface area contributed by atoms with Gasteiger partial charge < -0.3 is 0 Å². The summed E-state index contributed by atoms with van der Waals surface area (Å²) in [6.07, 6.45) is 3.22. The van der Waals surface area contributed by atoms with Gasteiger partial charge in [-0.3, -0.25) is 4.79 Å². The smallest absolute Gasteiger partial charge is 0.167 e. The van der Waals surface area contributed by atoms with E-state index in [9.17, 15) is 4.79 Å². The Hall–Kier alpha value is -0.340. The van der Waals surface area contributed by atoms with Crippen LogP contribution in [0.25, 0.3) is 0 Å². The van der Waals surface area contributed by atoms with E-state index in [1.165, 1.54) is 6.42 Å². The van der Waals surface area contributed by atoms with E-state index in [1.807, 2.05) is 12.1 Å². The third kappa shape index (κ3) is 3.16. The summed E-state index contributed by atoms with van der Waals surface area (Å²) in [7, 11) is 0. The van der Waals surface area contributed by atoms with Gasteiger partial charge in [0.15, 0.2) is 5.78 Å². The summed E-state index contributed by atoms with van der Waals surface area (Å²) in [6.45, 7) is 4.47. The number of Topliss-reactive ketones (excluding diaryl/α,β-unsaturated/α-hetero) is 1. The van der Waals surface area contributed by atoms with E-state index in [4.69, 9.17) is 11.6 Å². The second-order valence-electron chi connectivity index (χ2n) is 5.60. The lowest BCUT2D eigenvalue weighted by molar-refractivity contribution is 0.0836. The summed E-state index contributed by atoms with van der Waals surface area (Å²) in [5.74, 6) is 1.61. The van der Waals surface area contributed by atoms with Crippen molar-refractivity contribution in [1.82, 2.24) is 0 Å². The van der Waals surface area contributed by atoms with Gasteiger partial charge in [-0.25, -0.2) is 0 Å². The molecular formula is C15H18BrClO. The lowest BCUT2D eigenvalue weighted by Crippen LogP contribution is -2.26. The van der Waals surface area contributed by atoms with Crippen LogP contribution in [0.15, 0.2) is 22.7 Å². The molecule has 2 atom stereocenters. The molecule has 18 heavy (non-hydrogen) atoms. The van der Waals surface area contributed by atoms with Crippen molar-refractivity contribution >= 4 is 33.3 Å². The minimum Gasteiger partial charge on any atom is -0.294 e. The molecule has 1 aliphatic rings. The van der Waals surface area contributed by atoms with Crippen molar-refractivity contribution < 1.29 is 4.79 Å². The third-order valence-corrected chi connectivity index (χ3v) is 4.57. The van der Waals surface area contributed by atoms with Gasteiger partial charge >= 0.3 is 0 Å². The lowest BCUT2D eigenvalue weighted by Gasteiger charge is -2.30. The second kappa shape index (κ2) is 5.75. The van der Waals surface area contributed by atoms with Crippen LogP contribution in [-0.2, 0) is 0 Å². The van der Waals surface area contributed by atoms with Gasteiger partial charge in [0, 0.05) is 16.0 Å². The maximum absolute atomic E-state index is 12.6. The molecule has 1 aliphatic carbocycles. The summed E-state index contributed by atoms with van der Waals surface area (Å²) < 4.78 is 0.909. The van der Waals surface area contributed by atoms with Gasteiger partial charge in [-0.05, 0) is 49.3 Å². The number of rotatable bonds is 2. The average Bonchev–Trinajstić information content (AvgIpc) is 2.30. The van der Waals surface area contributed by atoms with E-state index in [0.717, 1.165) is 17.3 Å². The molecule has 0 saturated heterocycles. The molecule has 0 spiro atoms. The first-order chi connectivity index (χ1) is 8.47. The summed E-state index contributed by atoms with van der Waals surface area (Å²) in [5, 5.41) is 0.564. The summed E-state index contributed by atoms with van der Waals surface area (Å²) >= 11 is 9.54. The topological polar surface area (TPSA) is 17.1 Å². The standard InChI is InChI=1S/C15H18BrClO/c1-9-5-10(2)7-11(6-9)15(18)13-8-12(16)3-4-14(13)17/h3-4,8-11H,5-7H2,1-2H3. The fraction of sp³-hybridized carbons (Fsp3) is 0.533. The van der Waals surface area contributed by atoms with E-state index in [-0.39, 0.29) is 11.7 Å². The van der Waals surface area contributed by atoms with Crippen LogP contribution < -0.4 is 0 Å². The monoisotopic (exact) mass is 328 g/mol. The molecular weight excluding hydrogens is 312 g/mol. The molecule has 1 aromatic carbocycles. The molecule has 0 amide bonds. The molecule has 0 heterocycles. The van der Waals surface area contributed by atoms with Crippen molar-refractivity contribution in [2.75, 3.05) is 0 Å². The lowest BCUT2D eigenvalue weighted by atomic mass is 9.74. The first-order valence-corrected chi connectivity index (χ1v) is 7.63. The van der Waals surface area contributed by atoms with Crippen molar-refractivity contribution in [3.63, 3.8) is 0 Å². The molecule has 0 bridgehead atoms. The molecule has 2 rings (SSSR count). The predicted molar refractivity (Wildman–Crippen MR) is 79.2 cm³/mol. The van der Waals surface area contributed by atoms with Crippen molar-refractivity contribution in [3.05, 3.63) is 33.3 Å². The highest BCUT2D eigenvalue weighted by Gasteiger charge is 2.30. The maximum atomic E-state index is 12.6. The number of benzene rings is 1. The van der Waals surface area contributed by atoms with Gasteiger partial charge in [-0.1, -0.05) is 41.4 Å². The first kappa shape index (κ1) is 14.1. The Morgan fingerprint density at radius 3 is 2.44 bits per heavy atom. The molecule has 1 aromatic rings. The molecule has 1 nitrogen and oxygen atoms in total. The highest BCUT2D eigenvalue weighted by Crippen LogP contribution is 2.36. The van der Waals surface area contributed by atoms with Crippen LogP contribution >= 0.6 is 27.5 Å². The van der Waals surface area contributed by atoms with Gasteiger partial charge in [0.05, 0.1) is 5.02 Å². The molecule has 98 valence electrons. The zero-order valence-corrected chi connectivity index (χ0v) is 13.1. The number of hydrogen-bond acceptors (Lipinski definition) is 1. The molecule has 3 heteroatoms. The zero-order chi connectivity index (χ0) is 13.3. The van der Waals surface area contributed by atoms with E-state index in [1.54, 1.807) is 6.07 Å². The Kier molecular flexibility index (Phi) is 4.50. The number of halogens is 2. The van der Waals surface area contributed by atoms with Crippen LogP contribution in [0.2, 0.25) is 5.02 Å². The quantitative estimate of drug-likeness (QED) is 0.668. The number of carbonyl (C=O) groups is 1. The largest absolute Gasteiger partial charge is 0.294 e. The van der Waals surface area contributed by atoms with Crippen molar-refractivity contribution in [1.29, 1.82) is 0 Å². The van der Waals surface area contributed by atoms with E-state index in [2.05, 4.69) is 29.8 Å². The minimum atomic E-state index is 0.135. The van der Waals surface area contributed by atoms with Crippen LogP contribution in [-0.4, -0.2) is 5.78 Å². The fourth-order valence-electron chi connectivity index (χ4n) is 3.07. The van der Waals surface area contributed by atoms with Crippen molar-refractivity contribution in [3.8, 4) is 0 Å². The first-order valence-electron chi connectivity index (χ1n) is 6.46. The predicted octanol–water partition coefficient (Wildman–Crippen LogP) is 5.36. The van der Waals surface area contributed by atoms with Crippen molar-refractivity contribution in [2.45, 2.75) is 33.1 Å². The van der Waals surface area contributed by atoms with Gasteiger partial charge in [0.1, 0.15) is 0 Å². The summed E-state index contributed by atoms with van der Waals surface area (Å²) in [4.78, 5) is 12.6. The Balaban J connectivity index is 2.22. The van der Waals surface area contributed by atoms with Gasteiger partial charge in [0.25, 0.3) is 0 Å². The molecule has 0 radical (unpaired) electrons. The van der Waals surface area contributed by atoms with Crippen LogP contribution in [0, 0.1) is 17.8 Å². The van der Waals surface area contributed by atoms with Crippen LogP contribution in [0.4, 0.5) is 0 Å². The maximum Gasteiger partial charge on any atom is 0.167 e. The molecule has 0 N–H and O–H groups in total. The molecule has 1 fully saturated rings. The second-order valence-corrected chi connectivity index (χ2v) is 6.93. The van der Waals surface area contributed by atoms with Crippen LogP contribution in [0.3, 0.4) is 0 Å². The number of carbonyl (C=O) groups excluding carboxylic acids is 1. The SMILES string of the molecule is CC1CC(C)CC(C(=O)c2cc(Br)ccc2Cl)C1. The minimum absolute atomic E-state index is 0.135. The van der Waals surface area contributed by atoms with Gasteiger partial charge in [-0.15, -0.1) is 0 Å². The van der Waals surface area contributed by atoms with E-state index < -0.39 is 0 Å². The zero-order valence-electron chi connectivity index (χ0n) is 10.7. The highest BCUT2D eigenvalue weighted by atomic mass is 79.9. The molecule has 2 unspecified atom stereocenters. The molecule has 0 aliphatic heterocycles. The summed E-state index contributed by atoms with van der Waals surface area (Å²) in [6, 6.07) is 5.49. The Morgan fingerprint density at radius 1 is 1.22 bits per heavy atom. The van der Waals surface area contributed by atoms with Crippen LogP contribution in [0.5, 0.6) is 0 Å². The van der Waals surface area contributed by atoms with E-state index >= 15 is 0 Å². The Labute approximate surface area is 122 Å². The highest BCUT2D eigenvalue weighted by molar-refractivity contribution is 9.10. The molecule has 0 aromatic heterocycles. The third-order valence-electron chi connectivity index (χ3n) is 3.74. The number of hydrogen-bond donors (Lipinski definition) is 0. The normalized spacial score (nSPS) is 28.1. The van der Waals surface area contributed by atoms with Gasteiger partial charge in [-0.2, -0.15) is 0 Å². The average molecular weight is 330 g/mol. The van der Waals surface area contributed by atoms with Gasteiger partial charge in [0.2, 0.25) is 0 Å².